The van der Waals surface area contributed by atoms with Crippen molar-refractivity contribution in [1.82, 2.24) is 28.5 Å². The number of aromatic nitrogens is 6. The fourth-order valence-electron chi connectivity index (χ4n) is 6.28. The number of hydrogen-bond acceptors (Lipinski definition) is 4. The largest absolute Gasteiger partial charge is 0.284 e. The second-order valence-electron chi connectivity index (χ2n) is 10.5. The molecule has 4 heterocycles. The van der Waals surface area contributed by atoms with Gasteiger partial charge in [0.25, 0.3) is 5.56 Å². The Hall–Kier alpha value is -6.08. The summed E-state index contributed by atoms with van der Waals surface area (Å²) in [5.74, 6) is 1.01. The van der Waals surface area contributed by atoms with Crippen LogP contribution in [0, 0.1) is 0 Å². The Balaban J connectivity index is 1.52. The zero-order chi connectivity index (χ0) is 28.5. The molecule has 0 unspecified atom stereocenters. The number of nitrogens with zero attached hydrogens (tertiary/aromatic N) is 6. The van der Waals surface area contributed by atoms with Crippen molar-refractivity contribution in [1.29, 1.82) is 0 Å². The smallest absolute Gasteiger partial charge is 0.278 e. The molecule has 0 atom stereocenters. The lowest BCUT2D eigenvalue weighted by Gasteiger charge is -2.12. The standard InChI is InChI=1S/C36H22N6O/c43-33-31-26-18-8-10-20-28(26)41(35-37-27-19-9-7-17-25(27)32(38-35)23-13-3-1-4-14-23)34(31)42-30-22-12-11-21-29(30)40(36(42)39-33)24-15-5-2-6-16-24/h1-22H. The SMILES string of the molecule is O=c1nc2n(-c3ccccc3)c3ccccc3n2c2c1c1ccccc1n2-c1nc(-c2ccccc2)c2ccccc2n1. The van der Waals surface area contributed by atoms with E-state index in [0.29, 0.717) is 22.8 Å². The second kappa shape index (κ2) is 8.96. The van der Waals surface area contributed by atoms with Gasteiger partial charge in [-0.25, -0.2) is 9.97 Å². The minimum absolute atomic E-state index is 0.297. The van der Waals surface area contributed by atoms with Gasteiger partial charge in [0, 0.05) is 22.0 Å². The molecule has 43 heavy (non-hydrogen) atoms. The molecule has 5 aromatic carbocycles. The van der Waals surface area contributed by atoms with Gasteiger partial charge in [0.2, 0.25) is 11.7 Å². The zero-order valence-corrected chi connectivity index (χ0v) is 22.8. The molecule has 0 amide bonds. The number of imidazole rings is 1. The molecular weight excluding hydrogens is 532 g/mol. The van der Waals surface area contributed by atoms with Crippen LogP contribution in [0.4, 0.5) is 0 Å². The molecule has 9 rings (SSSR count). The van der Waals surface area contributed by atoms with E-state index in [2.05, 4.69) is 28.7 Å². The number of fused-ring (bicyclic) bond motifs is 8. The molecule has 0 bridgehead atoms. The summed E-state index contributed by atoms with van der Waals surface area (Å²) in [6.07, 6.45) is 0. The van der Waals surface area contributed by atoms with E-state index >= 15 is 0 Å². The highest BCUT2D eigenvalue weighted by Crippen LogP contribution is 2.35. The van der Waals surface area contributed by atoms with Crippen molar-refractivity contribution in [3.8, 4) is 22.9 Å². The first-order chi connectivity index (χ1) is 21.3. The lowest BCUT2D eigenvalue weighted by molar-refractivity contribution is 0.973. The Kier molecular flexibility index (Phi) is 4.92. The molecular formula is C36H22N6O. The van der Waals surface area contributed by atoms with Crippen molar-refractivity contribution in [2.24, 2.45) is 0 Å². The highest BCUT2D eigenvalue weighted by molar-refractivity contribution is 6.09. The normalized spacial score (nSPS) is 11.8. The summed E-state index contributed by atoms with van der Waals surface area (Å²) in [4.78, 5) is 29.0. The van der Waals surface area contributed by atoms with Crippen molar-refractivity contribution in [3.05, 3.63) is 144 Å². The summed E-state index contributed by atoms with van der Waals surface area (Å²) in [7, 11) is 0. The summed E-state index contributed by atoms with van der Waals surface area (Å²) in [6.45, 7) is 0. The van der Waals surface area contributed by atoms with Gasteiger partial charge >= 0.3 is 0 Å². The van der Waals surface area contributed by atoms with Gasteiger partial charge in [-0.3, -0.25) is 18.3 Å². The Morgan fingerprint density at radius 2 is 1.14 bits per heavy atom. The van der Waals surface area contributed by atoms with Crippen molar-refractivity contribution >= 4 is 49.7 Å². The maximum absolute atomic E-state index is 14.0. The Morgan fingerprint density at radius 3 is 1.93 bits per heavy atom. The van der Waals surface area contributed by atoms with Gasteiger partial charge in [-0.05, 0) is 36.4 Å². The second-order valence-corrected chi connectivity index (χ2v) is 10.5. The van der Waals surface area contributed by atoms with Crippen LogP contribution in [0.2, 0.25) is 0 Å². The molecule has 0 N–H and O–H groups in total. The monoisotopic (exact) mass is 554 g/mol. The fourth-order valence-corrected chi connectivity index (χ4v) is 6.28. The van der Waals surface area contributed by atoms with Gasteiger partial charge in [-0.15, -0.1) is 0 Å². The minimum atomic E-state index is -0.297. The van der Waals surface area contributed by atoms with E-state index in [1.165, 1.54) is 0 Å². The number of para-hydroxylation sites is 5. The average Bonchev–Trinajstić information content (AvgIpc) is 3.58. The summed E-state index contributed by atoms with van der Waals surface area (Å²) in [6, 6.07) is 44.2. The molecule has 0 spiro atoms. The van der Waals surface area contributed by atoms with Crippen LogP contribution in [0.25, 0.3) is 72.5 Å². The highest BCUT2D eigenvalue weighted by atomic mass is 16.1. The summed E-state index contributed by atoms with van der Waals surface area (Å²) >= 11 is 0. The molecule has 0 aliphatic rings. The van der Waals surface area contributed by atoms with Crippen LogP contribution in [0.3, 0.4) is 0 Å². The van der Waals surface area contributed by atoms with Gasteiger partial charge in [0.15, 0.2) is 0 Å². The van der Waals surface area contributed by atoms with Crippen LogP contribution in [-0.2, 0) is 0 Å². The third kappa shape index (κ3) is 3.36. The molecule has 0 saturated carbocycles. The van der Waals surface area contributed by atoms with Crippen LogP contribution in [0.15, 0.2) is 138 Å². The summed E-state index contributed by atoms with van der Waals surface area (Å²) in [5.41, 5.74) is 6.64. The third-order valence-electron chi connectivity index (χ3n) is 8.09. The minimum Gasteiger partial charge on any atom is -0.278 e. The first-order valence-corrected chi connectivity index (χ1v) is 14.1. The summed E-state index contributed by atoms with van der Waals surface area (Å²) < 4.78 is 6.12. The zero-order valence-electron chi connectivity index (χ0n) is 22.8. The van der Waals surface area contributed by atoms with E-state index in [-0.39, 0.29) is 5.56 Å². The average molecular weight is 555 g/mol. The molecule has 0 aliphatic carbocycles. The molecule has 4 aromatic heterocycles. The molecule has 9 aromatic rings. The van der Waals surface area contributed by atoms with Crippen molar-refractivity contribution in [2.45, 2.75) is 0 Å². The van der Waals surface area contributed by atoms with E-state index in [1.54, 1.807) is 0 Å². The Morgan fingerprint density at radius 1 is 0.512 bits per heavy atom. The van der Waals surface area contributed by atoms with E-state index in [1.807, 2.05) is 118 Å². The maximum Gasteiger partial charge on any atom is 0.284 e. The molecule has 7 heteroatoms. The van der Waals surface area contributed by atoms with Gasteiger partial charge in [0.05, 0.1) is 33.1 Å². The molecule has 0 aliphatic heterocycles. The van der Waals surface area contributed by atoms with Crippen molar-refractivity contribution in [2.75, 3.05) is 0 Å². The molecule has 0 radical (unpaired) electrons. The van der Waals surface area contributed by atoms with E-state index in [4.69, 9.17) is 15.0 Å². The van der Waals surface area contributed by atoms with Crippen LogP contribution < -0.4 is 5.56 Å². The predicted molar refractivity (Wildman–Crippen MR) is 171 cm³/mol. The molecule has 0 saturated heterocycles. The number of rotatable bonds is 3. The van der Waals surface area contributed by atoms with Crippen LogP contribution in [-0.4, -0.2) is 28.5 Å². The fraction of sp³-hybridized carbons (Fsp3) is 0. The molecule has 202 valence electrons. The van der Waals surface area contributed by atoms with Crippen LogP contribution in [0.1, 0.15) is 0 Å². The lowest BCUT2D eigenvalue weighted by Crippen LogP contribution is -2.13. The summed E-state index contributed by atoms with van der Waals surface area (Å²) in [5, 5.41) is 2.30. The van der Waals surface area contributed by atoms with Gasteiger partial charge in [0.1, 0.15) is 5.65 Å². The molecule has 0 fully saturated rings. The number of hydrogen-bond donors (Lipinski definition) is 0. The lowest BCUT2D eigenvalue weighted by atomic mass is 10.1. The van der Waals surface area contributed by atoms with Crippen molar-refractivity contribution < 1.29 is 0 Å². The number of benzene rings is 5. The quantitative estimate of drug-likeness (QED) is 0.229. The Labute approximate surface area is 244 Å². The van der Waals surface area contributed by atoms with Crippen LogP contribution >= 0.6 is 0 Å². The van der Waals surface area contributed by atoms with Gasteiger partial charge in [-0.1, -0.05) is 97.1 Å². The first-order valence-electron chi connectivity index (χ1n) is 14.1. The molecule has 7 nitrogen and oxygen atoms in total. The van der Waals surface area contributed by atoms with Crippen LogP contribution in [0.5, 0.6) is 0 Å². The van der Waals surface area contributed by atoms with Gasteiger partial charge < -0.3 is 0 Å². The topological polar surface area (TPSA) is 70.0 Å². The predicted octanol–water partition coefficient (Wildman–Crippen LogP) is 7.35. The van der Waals surface area contributed by atoms with E-state index in [9.17, 15) is 4.79 Å². The first kappa shape index (κ1) is 23.6. The maximum atomic E-state index is 14.0. The van der Waals surface area contributed by atoms with Gasteiger partial charge in [-0.2, -0.15) is 4.98 Å². The highest BCUT2D eigenvalue weighted by Gasteiger charge is 2.25. The Bertz CT molecular complexity index is 2580. The van der Waals surface area contributed by atoms with Crippen molar-refractivity contribution in [3.63, 3.8) is 0 Å². The van der Waals surface area contributed by atoms with E-state index < -0.39 is 0 Å². The third-order valence-corrected chi connectivity index (χ3v) is 8.09. The van der Waals surface area contributed by atoms with E-state index in [0.717, 1.165) is 49.8 Å².